The maximum Gasteiger partial charge on any atom is 0.337 e. The van der Waals surface area contributed by atoms with Crippen LogP contribution in [0, 0.1) is 0 Å². The molecule has 9 heteroatoms. The van der Waals surface area contributed by atoms with Gasteiger partial charge < -0.3 is 25.0 Å². The minimum Gasteiger partial charge on any atom is -0.507 e. The number of carbonyl (C=O) groups excluding carboxylic acids is 1. The number of aromatic nitrogens is 3. The van der Waals surface area contributed by atoms with Crippen LogP contribution in [0.15, 0.2) is 66.7 Å². The minimum atomic E-state index is -0.454. The smallest absolute Gasteiger partial charge is 0.337 e. The predicted molar refractivity (Wildman–Crippen MR) is 126 cm³/mol. The van der Waals surface area contributed by atoms with Crippen LogP contribution in [-0.4, -0.2) is 52.1 Å². The highest BCUT2D eigenvalue weighted by Gasteiger charge is 2.17. The Morgan fingerprint density at radius 1 is 0.824 bits per heavy atom. The molecule has 0 aliphatic carbocycles. The summed E-state index contributed by atoms with van der Waals surface area (Å²) >= 11 is 0. The Morgan fingerprint density at radius 2 is 1.47 bits per heavy atom. The zero-order chi connectivity index (χ0) is 24.1. The number of nitrogens with one attached hydrogen (secondary N) is 1. The Balaban J connectivity index is 1.83. The maximum absolute atomic E-state index is 11.8. The standard InChI is InChI=1S/C25H22N4O5/c1-33-14-26-17-11-12-19(21(31)13-17)24-28-22(15-7-9-16(10-8-15)25(32)34-2)27-23(29-24)18-5-3-4-6-20(18)30/h3-13,26,30-31H,14H2,1-2H3. The predicted octanol–water partition coefficient (Wildman–Crippen LogP) is 4.09. The van der Waals surface area contributed by atoms with Crippen molar-refractivity contribution < 1.29 is 24.5 Å². The number of anilines is 1. The number of rotatable bonds is 7. The first-order valence-electron chi connectivity index (χ1n) is 10.3. The first-order valence-corrected chi connectivity index (χ1v) is 10.3. The molecule has 0 radical (unpaired) electrons. The Morgan fingerprint density at radius 3 is 2.09 bits per heavy atom. The summed E-state index contributed by atoms with van der Waals surface area (Å²) in [6.07, 6.45) is 0. The normalized spacial score (nSPS) is 10.6. The molecular formula is C25H22N4O5. The van der Waals surface area contributed by atoms with Gasteiger partial charge >= 0.3 is 5.97 Å². The Labute approximate surface area is 195 Å². The number of para-hydroxylation sites is 1. The molecule has 0 fully saturated rings. The fourth-order valence-electron chi connectivity index (χ4n) is 3.27. The Hall–Kier alpha value is -4.50. The van der Waals surface area contributed by atoms with Crippen LogP contribution in [0.2, 0.25) is 0 Å². The van der Waals surface area contributed by atoms with Crippen molar-refractivity contribution in [3.63, 3.8) is 0 Å². The number of nitrogens with zero attached hydrogens (tertiary/aromatic N) is 3. The fraction of sp³-hybridized carbons (Fsp3) is 0.120. The van der Waals surface area contributed by atoms with Gasteiger partial charge in [0.15, 0.2) is 17.5 Å². The molecule has 9 nitrogen and oxygen atoms in total. The van der Waals surface area contributed by atoms with E-state index >= 15 is 0 Å². The van der Waals surface area contributed by atoms with E-state index in [1.807, 2.05) is 0 Å². The van der Waals surface area contributed by atoms with Crippen LogP contribution in [0.5, 0.6) is 11.5 Å². The largest absolute Gasteiger partial charge is 0.507 e. The molecule has 34 heavy (non-hydrogen) atoms. The molecule has 0 amide bonds. The van der Waals surface area contributed by atoms with Crippen LogP contribution in [0.3, 0.4) is 0 Å². The second-order valence-corrected chi connectivity index (χ2v) is 7.23. The number of hydrogen-bond donors (Lipinski definition) is 3. The molecule has 3 aromatic carbocycles. The van der Waals surface area contributed by atoms with E-state index < -0.39 is 5.97 Å². The Bertz CT molecular complexity index is 1330. The average molecular weight is 458 g/mol. The fourth-order valence-corrected chi connectivity index (χ4v) is 3.27. The van der Waals surface area contributed by atoms with Crippen LogP contribution in [0.1, 0.15) is 10.4 Å². The molecule has 172 valence electrons. The number of esters is 1. The van der Waals surface area contributed by atoms with Gasteiger partial charge in [-0.1, -0.05) is 24.3 Å². The topological polar surface area (TPSA) is 127 Å². The van der Waals surface area contributed by atoms with Crippen molar-refractivity contribution in [2.24, 2.45) is 0 Å². The number of phenols is 2. The van der Waals surface area contributed by atoms with E-state index in [1.165, 1.54) is 13.2 Å². The summed E-state index contributed by atoms with van der Waals surface area (Å²) in [5.41, 5.74) is 2.46. The summed E-state index contributed by atoms with van der Waals surface area (Å²) in [6.45, 7) is 0.285. The molecule has 3 N–H and O–H groups in total. The number of phenolic OH excluding ortho intramolecular Hbond substituents is 2. The lowest BCUT2D eigenvalue weighted by Gasteiger charge is -2.11. The zero-order valence-electron chi connectivity index (χ0n) is 18.5. The quantitative estimate of drug-likeness (QED) is 0.277. The summed E-state index contributed by atoms with van der Waals surface area (Å²) < 4.78 is 9.74. The summed E-state index contributed by atoms with van der Waals surface area (Å²) in [5.74, 6) is 0.273. The van der Waals surface area contributed by atoms with E-state index in [4.69, 9.17) is 9.47 Å². The highest BCUT2D eigenvalue weighted by atomic mass is 16.5. The molecule has 4 aromatic rings. The SMILES string of the molecule is COCNc1ccc(-c2nc(-c3ccc(C(=O)OC)cc3)nc(-c3ccccc3O)n2)c(O)c1. The summed E-state index contributed by atoms with van der Waals surface area (Å²) in [5, 5.41) is 24.0. The van der Waals surface area contributed by atoms with Crippen LogP contribution in [0.4, 0.5) is 5.69 Å². The molecule has 1 aromatic heterocycles. The van der Waals surface area contributed by atoms with E-state index in [1.54, 1.807) is 67.8 Å². The third kappa shape index (κ3) is 4.79. The van der Waals surface area contributed by atoms with Crippen molar-refractivity contribution in [1.82, 2.24) is 15.0 Å². The van der Waals surface area contributed by atoms with Gasteiger partial charge in [-0.05, 0) is 36.4 Å². The van der Waals surface area contributed by atoms with Gasteiger partial charge in [0.05, 0.1) is 23.8 Å². The van der Waals surface area contributed by atoms with Gasteiger partial charge in [0.2, 0.25) is 0 Å². The second-order valence-electron chi connectivity index (χ2n) is 7.23. The molecule has 0 aliphatic rings. The van der Waals surface area contributed by atoms with Crippen molar-refractivity contribution in [1.29, 1.82) is 0 Å². The van der Waals surface area contributed by atoms with E-state index in [0.717, 1.165) is 0 Å². The monoisotopic (exact) mass is 458 g/mol. The highest BCUT2D eigenvalue weighted by Crippen LogP contribution is 2.33. The van der Waals surface area contributed by atoms with Gasteiger partial charge in [-0.15, -0.1) is 0 Å². The first-order chi connectivity index (χ1) is 16.5. The summed E-state index contributed by atoms with van der Waals surface area (Å²) in [7, 11) is 2.88. The molecule has 0 atom stereocenters. The number of aromatic hydroxyl groups is 2. The van der Waals surface area contributed by atoms with Gasteiger partial charge in [0.1, 0.15) is 18.2 Å². The van der Waals surface area contributed by atoms with Crippen molar-refractivity contribution >= 4 is 11.7 Å². The van der Waals surface area contributed by atoms with E-state index in [9.17, 15) is 15.0 Å². The Kier molecular flexibility index (Phi) is 6.65. The molecule has 0 saturated heterocycles. The minimum absolute atomic E-state index is 0.00924. The molecule has 0 spiro atoms. The van der Waals surface area contributed by atoms with E-state index in [0.29, 0.717) is 33.8 Å². The average Bonchev–Trinajstić information content (AvgIpc) is 2.87. The first kappa shape index (κ1) is 22.7. The second kappa shape index (κ2) is 9.97. The third-order valence-corrected chi connectivity index (χ3v) is 5.00. The van der Waals surface area contributed by atoms with Crippen molar-refractivity contribution in [3.05, 3.63) is 72.3 Å². The lowest BCUT2D eigenvalue weighted by molar-refractivity contribution is 0.0600. The van der Waals surface area contributed by atoms with Gasteiger partial charge in [-0.25, -0.2) is 19.7 Å². The highest BCUT2D eigenvalue weighted by molar-refractivity contribution is 5.89. The van der Waals surface area contributed by atoms with E-state index in [2.05, 4.69) is 20.3 Å². The molecule has 0 saturated carbocycles. The number of ether oxygens (including phenoxy) is 2. The van der Waals surface area contributed by atoms with Crippen LogP contribution >= 0.6 is 0 Å². The summed E-state index contributed by atoms with van der Waals surface area (Å²) in [6, 6.07) is 18.3. The van der Waals surface area contributed by atoms with E-state index in [-0.39, 0.29) is 29.9 Å². The van der Waals surface area contributed by atoms with Crippen LogP contribution in [0.25, 0.3) is 34.2 Å². The number of benzene rings is 3. The van der Waals surface area contributed by atoms with Crippen molar-refractivity contribution in [2.45, 2.75) is 0 Å². The molecule has 1 heterocycles. The molecule has 0 aliphatic heterocycles. The number of methoxy groups -OCH3 is 2. The summed E-state index contributed by atoms with van der Waals surface area (Å²) in [4.78, 5) is 25.4. The van der Waals surface area contributed by atoms with Gasteiger partial charge in [-0.3, -0.25) is 0 Å². The lowest BCUT2D eigenvalue weighted by Crippen LogP contribution is -2.04. The van der Waals surface area contributed by atoms with Crippen molar-refractivity contribution in [3.8, 4) is 45.7 Å². The molecular weight excluding hydrogens is 436 g/mol. The maximum atomic E-state index is 11.8. The lowest BCUT2D eigenvalue weighted by atomic mass is 10.1. The van der Waals surface area contributed by atoms with Gasteiger partial charge in [0.25, 0.3) is 0 Å². The van der Waals surface area contributed by atoms with Crippen LogP contribution in [-0.2, 0) is 9.47 Å². The van der Waals surface area contributed by atoms with Crippen LogP contribution < -0.4 is 5.32 Å². The number of carbonyl (C=O) groups is 1. The van der Waals surface area contributed by atoms with Crippen molar-refractivity contribution in [2.75, 3.05) is 26.3 Å². The zero-order valence-corrected chi connectivity index (χ0v) is 18.5. The molecule has 0 bridgehead atoms. The number of hydrogen-bond acceptors (Lipinski definition) is 9. The molecule has 4 rings (SSSR count). The van der Waals surface area contributed by atoms with Gasteiger partial charge in [-0.2, -0.15) is 0 Å². The van der Waals surface area contributed by atoms with Gasteiger partial charge in [0, 0.05) is 24.4 Å². The molecule has 0 unspecified atom stereocenters. The third-order valence-electron chi connectivity index (χ3n) is 5.00.